The van der Waals surface area contributed by atoms with E-state index in [2.05, 4.69) is 18.7 Å². The van der Waals surface area contributed by atoms with Crippen molar-refractivity contribution in [2.45, 2.75) is 58.4 Å². The van der Waals surface area contributed by atoms with Gasteiger partial charge in [0.15, 0.2) is 0 Å². The van der Waals surface area contributed by atoms with Crippen LogP contribution in [0.25, 0.3) is 0 Å². The number of nitrogens with zero attached hydrogens (tertiary/aromatic N) is 1. The molecule has 102 valence electrons. The summed E-state index contributed by atoms with van der Waals surface area (Å²) in [5.74, 6) is 0. The minimum absolute atomic E-state index is 0.0606. The molecule has 3 heteroatoms. The highest BCUT2D eigenvalue weighted by Crippen LogP contribution is 2.32. The topological polar surface area (TPSA) is 43.7 Å². The lowest BCUT2D eigenvalue weighted by atomic mass is 9.81. The van der Waals surface area contributed by atoms with Gasteiger partial charge in [-0.1, -0.05) is 20.3 Å². The number of aliphatic hydroxyl groups is 2. The molecule has 1 aliphatic carbocycles. The van der Waals surface area contributed by atoms with Crippen molar-refractivity contribution in [3.05, 3.63) is 0 Å². The molecule has 0 aromatic heterocycles. The van der Waals surface area contributed by atoms with Gasteiger partial charge in [-0.05, 0) is 32.1 Å². The third-order valence-corrected chi connectivity index (χ3v) is 4.57. The summed E-state index contributed by atoms with van der Waals surface area (Å²) in [5, 5.41) is 18.6. The summed E-state index contributed by atoms with van der Waals surface area (Å²) in [7, 11) is 0. The Kier molecular flexibility index (Phi) is 6.45. The Morgan fingerprint density at radius 3 is 2.18 bits per heavy atom. The molecule has 0 spiro atoms. The van der Waals surface area contributed by atoms with Gasteiger partial charge >= 0.3 is 0 Å². The Labute approximate surface area is 106 Å². The van der Waals surface area contributed by atoms with E-state index < -0.39 is 0 Å². The Morgan fingerprint density at radius 1 is 1.18 bits per heavy atom. The maximum atomic E-state index is 9.65. The average Bonchev–Trinajstić information content (AvgIpc) is 2.30. The molecular formula is C14H29NO2. The molecular weight excluding hydrogens is 214 g/mol. The van der Waals surface area contributed by atoms with Crippen LogP contribution in [0.1, 0.15) is 52.4 Å². The summed E-state index contributed by atoms with van der Waals surface area (Å²) in [6, 6.07) is 0.700. The first kappa shape index (κ1) is 14.9. The van der Waals surface area contributed by atoms with Gasteiger partial charge in [0.2, 0.25) is 0 Å². The summed E-state index contributed by atoms with van der Waals surface area (Å²) >= 11 is 0. The van der Waals surface area contributed by atoms with Crippen LogP contribution in [0, 0.1) is 5.41 Å². The van der Waals surface area contributed by atoms with Crippen molar-refractivity contribution in [2.24, 2.45) is 5.41 Å². The quantitative estimate of drug-likeness (QED) is 0.651. The Hall–Kier alpha value is -0.120. The van der Waals surface area contributed by atoms with E-state index in [1.165, 1.54) is 19.3 Å². The molecule has 1 saturated carbocycles. The lowest BCUT2D eigenvalue weighted by Gasteiger charge is -2.43. The van der Waals surface area contributed by atoms with Crippen LogP contribution in [0.2, 0.25) is 0 Å². The van der Waals surface area contributed by atoms with Crippen LogP contribution in [0.3, 0.4) is 0 Å². The van der Waals surface area contributed by atoms with Crippen LogP contribution in [-0.2, 0) is 0 Å². The maximum absolute atomic E-state index is 9.65. The van der Waals surface area contributed by atoms with Crippen LogP contribution < -0.4 is 0 Å². The van der Waals surface area contributed by atoms with Crippen molar-refractivity contribution in [1.82, 2.24) is 4.90 Å². The minimum Gasteiger partial charge on any atom is -0.396 e. The number of hydrogen-bond acceptors (Lipinski definition) is 3. The molecule has 1 rings (SSSR count). The van der Waals surface area contributed by atoms with E-state index in [1.54, 1.807) is 0 Å². The first-order valence-corrected chi connectivity index (χ1v) is 7.17. The van der Waals surface area contributed by atoms with E-state index in [1.807, 2.05) is 0 Å². The fourth-order valence-corrected chi connectivity index (χ4v) is 2.59. The minimum atomic E-state index is 0.0606. The molecule has 1 fully saturated rings. The van der Waals surface area contributed by atoms with Crippen LogP contribution in [0.15, 0.2) is 0 Å². The lowest BCUT2D eigenvalue weighted by molar-refractivity contribution is 0.0239. The summed E-state index contributed by atoms with van der Waals surface area (Å²) in [6.45, 7) is 6.86. The standard InChI is InChI=1S/C14H29NO2/c1-3-14(4-2,12-17)11-15(9-6-10-16)13-7-5-8-13/h13,16-17H,3-12H2,1-2H3. The maximum Gasteiger partial charge on any atom is 0.0499 e. The van der Waals surface area contributed by atoms with Gasteiger partial charge < -0.3 is 10.2 Å². The zero-order valence-electron chi connectivity index (χ0n) is 11.5. The predicted octanol–water partition coefficient (Wildman–Crippen LogP) is 2.02. The fourth-order valence-electron chi connectivity index (χ4n) is 2.59. The van der Waals surface area contributed by atoms with Gasteiger partial charge in [-0.2, -0.15) is 0 Å². The van der Waals surface area contributed by atoms with E-state index in [0.717, 1.165) is 32.4 Å². The molecule has 0 saturated heterocycles. The van der Waals surface area contributed by atoms with Crippen LogP contribution in [-0.4, -0.2) is 47.5 Å². The van der Waals surface area contributed by atoms with Crippen LogP contribution >= 0.6 is 0 Å². The number of hydrogen-bond donors (Lipinski definition) is 2. The number of aliphatic hydroxyl groups excluding tert-OH is 2. The van der Waals surface area contributed by atoms with Crippen molar-refractivity contribution in [1.29, 1.82) is 0 Å². The Morgan fingerprint density at radius 2 is 1.82 bits per heavy atom. The molecule has 17 heavy (non-hydrogen) atoms. The SMILES string of the molecule is CCC(CC)(CO)CN(CCCO)C1CCC1. The number of rotatable bonds is 9. The Bertz CT molecular complexity index is 192. The molecule has 0 bridgehead atoms. The van der Waals surface area contributed by atoms with Gasteiger partial charge in [0.05, 0.1) is 0 Å². The van der Waals surface area contributed by atoms with Crippen molar-refractivity contribution >= 4 is 0 Å². The first-order chi connectivity index (χ1) is 8.21. The molecule has 2 N–H and O–H groups in total. The monoisotopic (exact) mass is 243 g/mol. The molecule has 0 aromatic rings. The molecule has 1 aliphatic rings. The second-order valence-corrected chi connectivity index (χ2v) is 5.50. The van der Waals surface area contributed by atoms with Crippen molar-refractivity contribution < 1.29 is 10.2 Å². The second-order valence-electron chi connectivity index (χ2n) is 5.50. The summed E-state index contributed by atoms with van der Waals surface area (Å²) < 4.78 is 0. The first-order valence-electron chi connectivity index (χ1n) is 7.17. The zero-order chi connectivity index (χ0) is 12.7. The summed E-state index contributed by atoms with van der Waals surface area (Å²) in [6.07, 6.45) is 6.83. The molecule has 3 nitrogen and oxygen atoms in total. The van der Waals surface area contributed by atoms with E-state index in [9.17, 15) is 5.11 Å². The van der Waals surface area contributed by atoms with Gasteiger partial charge in [0, 0.05) is 37.8 Å². The Balaban J connectivity index is 2.55. The van der Waals surface area contributed by atoms with Crippen molar-refractivity contribution in [3.8, 4) is 0 Å². The van der Waals surface area contributed by atoms with Gasteiger partial charge in [0.25, 0.3) is 0 Å². The predicted molar refractivity (Wildman–Crippen MR) is 71.0 cm³/mol. The van der Waals surface area contributed by atoms with Gasteiger partial charge in [-0.3, -0.25) is 4.90 Å². The molecule has 0 unspecified atom stereocenters. The molecule has 0 radical (unpaired) electrons. The van der Waals surface area contributed by atoms with Gasteiger partial charge in [-0.25, -0.2) is 0 Å². The smallest absolute Gasteiger partial charge is 0.0499 e. The van der Waals surface area contributed by atoms with Gasteiger partial charge in [-0.15, -0.1) is 0 Å². The zero-order valence-corrected chi connectivity index (χ0v) is 11.5. The molecule has 0 heterocycles. The van der Waals surface area contributed by atoms with E-state index >= 15 is 0 Å². The largest absolute Gasteiger partial charge is 0.396 e. The highest BCUT2D eigenvalue weighted by molar-refractivity contribution is 4.86. The van der Waals surface area contributed by atoms with E-state index in [0.29, 0.717) is 6.04 Å². The average molecular weight is 243 g/mol. The lowest BCUT2D eigenvalue weighted by Crippen LogP contribution is -2.48. The third-order valence-electron chi connectivity index (χ3n) is 4.57. The van der Waals surface area contributed by atoms with Gasteiger partial charge in [0.1, 0.15) is 0 Å². The van der Waals surface area contributed by atoms with Crippen molar-refractivity contribution in [3.63, 3.8) is 0 Å². The van der Waals surface area contributed by atoms with E-state index in [-0.39, 0.29) is 18.6 Å². The van der Waals surface area contributed by atoms with Crippen molar-refractivity contribution in [2.75, 3.05) is 26.3 Å². The fraction of sp³-hybridized carbons (Fsp3) is 1.00. The molecule has 0 atom stereocenters. The summed E-state index contributed by atoms with van der Waals surface area (Å²) in [5.41, 5.74) is 0.0606. The highest BCUT2D eigenvalue weighted by Gasteiger charge is 2.32. The molecule has 0 aromatic carbocycles. The second kappa shape index (κ2) is 7.34. The molecule has 0 aliphatic heterocycles. The van der Waals surface area contributed by atoms with E-state index in [4.69, 9.17) is 5.11 Å². The third kappa shape index (κ3) is 3.94. The highest BCUT2D eigenvalue weighted by atomic mass is 16.3. The normalized spacial score (nSPS) is 17.5. The van der Waals surface area contributed by atoms with Crippen LogP contribution in [0.4, 0.5) is 0 Å². The summed E-state index contributed by atoms with van der Waals surface area (Å²) in [4.78, 5) is 2.50. The molecule has 0 amide bonds. The van der Waals surface area contributed by atoms with Crippen LogP contribution in [0.5, 0.6) is 0 Å².